The van der Waals surface area contributed by atoms with Crippen molar-refractivity contribution in [3.8, 4) is 34.5 Å². The van der Waals surface area contributed by atoms with Crippen LogP contribution < -0.4 is 28.4 Å². The lowest BCUT2D eigenvalue weighted by molar-refractivity contribution is 0.345. The van der Waals surface area contributed by atoms with E-state index in [0.29, 0.717) is 39.5 Å². The average Bonchev–Trinajstić information content (AvgIpc) is 2.84. The molecule has 7 heteroatoms. The van der Waals surface area contributed by atoms with Crippen molar-refractivity contribution < 1.29 is 28.4 Å². The van der Waals surface area contributed by atoms with Crippen LogP contribution in [0.2, 0.25) is 5.02 Å². The predicted octanol–water partition coefficient (Wildman–Crippen LogP) is 5.57. The van der Waals surface area contributed by atoms with Crippen LogP contribution in [-0.2, 0) is 0 Å². The third kappa shape index (κ3) is 4.50. The molecule has 0 N–H and O–H groups in total. The van der Waals surface area contributed by atoms with Crippen molar-refractivity contribution in [2.24, 2.45) is 0 Å². The van der Waals surface area contributed by atoms with Crippen molar-refractivity contribution in [1.82, 2.24) is 0 Å². The van der Waals surface area contributed by atoms with Crippen LogP contribution in [0.25, 0.3) is 0 Å². The summed E-state index contributed by atoms with van der Waals surface area (Å²) < 4.78 is 33.6. The van der Waals surface area contributed by atoms with E-state index in [4.69, 9.17) is 40.0 Å². The van der Waals surface area contributed by atoms with E-state index in [-0.39, 0.29) is 5.92 Å². The Hall–Kier alpha value is -3.25. The standard InChI is InChI=1S/C25H27ClO6/c1-27-19-13-23(31-5)21(29-3)11-17(19)25(15-7-9-16(26)10-8-15)18-12-22(30-4)24(32-6)14-20(18)28-2/h7-14,25H,1-6H3. The normalized spacial score (nSPS) is 10.6. The van der Waals surface area contributed by atoms with Gasteiger partial charge in [-0.05, 0) is 29.8 Å². The van der Waals surface area contributed by atoms with Crippen molar-refractivity contribution in [3.05, 3.63) is 70.2 Å². The molecular formula is C25H27ClO6. The highest BCUT2D eigenvalue weighted by Crippen LogP contribution is 2.47. The minimum Gasteiger partial charge on any atom is -0.496 e. The van der Waals surface area contributed by atoms with Crippen LogP contribution in [0.5, 0.6) is 34.5 Å². The molecule has 0 amide bonds. The van der Waals surface area contributed by atoms with E-state index in [0.717, 1.165) is 16.7 Å². The molecule has 32 heavy (non-hydrogen) atoms. The average molecular weight is 459 g/mol. The second-order valence-electron chi connectivity index (χ2n) is 6.88. The van der Waals surface area contributed by atoms with Crippen LogP contribution in [0.15, 0.2) is 48.5 Å². The molecule has 0 aliphatic carbocycles. The van der Waals surface area contributed by atoms with Gasteiger partial charge in [0.25, 0.3) is 0 Å². The molecule has 3 aromatic rings. The summed E-state index contributed by atoms with van der Waals surface area (Å²) in [6, 6.07) is 15.1. The molecule has 0 saturated carbocycles. The van der Waals surface area contributed by atoms with Gasteiger partial charge in [-0.3, -0.25) is 0 Å². The first kappa shape index (κ1) is 23.4. The number of hydrogen-bond acceptors (Lipinski definition) is 6. The van der Waals surface area contributed by atoms with Crippen LogP contribution >= 0.6 is 11.6 Å². The Morgan fingerprint density at radius 2 is 0.844 bits per heavy atom. The summed E-state index contributed by atoms with van der Waals surface area (Å²) in [6.45, 7) is 0. The zero-order valence-corrected chi connectivity index (χ0v) is 19.8. The largest absolute Gasteiger partial charge is 0.496 e. The van der Waals surface area contributed by atoms with Gasteiger partial charge in [0.15, 0.2) is 23.0 Å². The van der Waals surface area contributed by atoms with Gasteiger partial charge in [-0.15, -0.1) is 0 Å². The third-order valence-corrected chi connectivity index (χ3v) is 5.55. The highest BCUT2D eigenvalue weighted by molar-refractivity contribution is 6.30. The molecule has 0 unspecified atom stereocenters. The van der Waals surface area contributed by atoms with Gasteiger partial charge in [-0.1, -0.05) is 23.7 Å². The summed E-state index contributed by atoms with van der Waals surface area (Å²) in [7, 11) is 9.62. The molecule has 0 spiro atoms. The molecule has 170 valence electrons. The fourth-order valence-corrected chi connectivity index (χ4v) is 3.86. The smallest absolute Gasteiger partial charge is 0.164 e. The Bertz CT molecular complexity index is 1000. The summed E-state index contributed by atoms with van der Waals surface area (Å²) in [5, 5.41) is 0.644. The van der Waals surface area contributed by atoms with Gasteiger partial charge in [0.2, 0.25) is 0 Å². The molecule has 0 aromatic heterocycles. The molecule has 0 aliphatic heterocycles. The van der Waals surface area contributed by atoms with E-state index in [2.05, 4.69) is 0 Å². The van der Waals surface area contributed by atoms with Crippen molar-refractivity contribution >= 4 is 11.6 Å². The number of hydrogen-bond donors (Lipinski definition) is 0. The van der Waals surface area contributed by atoms with Crippen LogP contribution in [0.1, 0.15) is 22.6 Å². The number of rotatable bonds is 9. The monoisotopic (exact) mass is 458 g/mol. The van der Waals surface area contributed by atoms with Gasteiger partial charge < -0.3 is 28.4 Å². The first-order valence-corrected chi connectivity index (χ1v) is 10.2. The molecule has 0 atom stereocenters. The number of methoxy groups -OCH3 is 6. The fraction of sp³-hybridized carbons (Fsp3) is 0.280. The maximum absolute atomic E-state index is 6.18. The molecule has 0 aliphatic rings. The lowest BCUT2D eigenvalue weighted by Crippen LogP contribution is -2.09. The van der Waals surface area contributed by atoms with Crippen molar-refractivity contribution in [3.63, 3.8) is 0 Å². The Morgan fingerprint density at radius 3 is 1.19 bits per heavy atom. The topological polar surface area (TPSA) is 55.4 Å². The van der Waals surface area contributed by atoms with Crippen LogP contribution in [0.3, 0.4) is 0 Å². The molecule has 0 heterocycles. The van der Waals surface area contributed by atoms with E-state index in [1.807, 2.05) is 48.5 Å². The van der Waals surface area contributed by atoms with Gasteiger partial charge in [0.05, 0.1) is 42.7 Å². The van der Waals surface area contributed by atoms with Crippen LogP contribution in [-0.4, -0.2) is 42.7 Å². The van der Waals surface area contributed by atoms with E-state index in [1.54, 1.807) is 42.7 Å². The number of benzene rings is 3. The summed E-state index contributed by atoms with van der Waals surface area (Å²) in [5.74, 6) is 3.29. The first-order valence-electron chi connectivity index (χ1n) is 9.86. The van der Waals surface area contributed by atoms with Crippen LogP contribution in [0, 0.1) is 0 Å². The molecule has 0 radical (unpaired) electrons. The Labute approximate surface area is 193 Å². The molecule has 3 rings (SSSR count). The van der Waals surface area contributed by atoms with Gasteiger partial charge in [-0.25, -0.2) is 0 Å². The minimum atomic E-state index is -0.295. The Morgan fingerprint density at radius 1 is 0.500 bits per heavy atom. The zero-order valence-electron chi connectivity index (χ0n) is 19.0. The quantitative estimate of drug-likeness (QED) is 0.390. The van der Waals surface area contributed by atoms with Crippen molar-refractivity contribution in [2.75, 3.05) is 42.7 Å². The second kappa shape index (κ2) is 10.4. The number of ether oxygens (including phenoxy) is 6. The summed E-state index contributed by atoms with van der Waals surface area (Å²) >= 11 is 6.18. The highest BCUT2D eigenvalue weighted by atomic mass is 35.5. The minimum absolute atomic E-state index is 0.295. The van der Waals surface area contributed by atoms with E-state index >= 15 is 0 Å². The van der Waals surface area contributed by atoms with E-state index in [9.17, 15) is 0 Å². The van der Waals surface area contributed by atoms with Crippen molar-refractivity contribution in [1.29, 1.82) is 0 Å². The van der Waals surface area contributed by atoms with Gasteiger partial charge in [0, 0.05) is 34.2 Å². The predicted molar refractivity (Wildman–Crippen MR) is 125 cm³/mol. The Balaban J connectivity index is 2.36. The van der Waals surface area contributed by atoms with E-state index in [1.165, 1.54) is 0 Å². The van der Waals surface area contributed by atoms with Gasteiger partial charge >= 0.3 is 0 Å². The Kier molecular flexibility index (Phi) is 7.59. The number of halogens is 1. The maximum Gasteiger partial charge on any atom is 0.164 e. The summed E-state index contributed by atoms with van der Waals surface area (Å²) in [6.07, 6.45) is 0. The lowest BCUT2D eigenvalue weighted by Gasteiger charge is -2.25. The highest BCUT2D eigenvalue weighted by Gasteiger charge is 2.27. The zero-order chi connectivity index (χ0) is 23.3. The molecule has 0 bridgehead atoms. The van der Waals surface area contributed by atoms with Gasteiger partial charge in [-0.2, -0.15) is 0 Å². The molecule has 0 saturated heterocycles. The summed E-state index contributed by atoms with van der Waals surface area (Å²) in [4.78, 5) is 0. The maximum atomic E-state index is 6.18. The van der Waals surface area contributed by atoms with Crippen molar-refractivity contribution in [2.45, 2.75) is 5.92 Å². The fourth-order valence-electron chi connectivity index (χ4n) is 3.74. The second-order valence-corrected chi connectivity index (χ2v) is 7.32. The first-order chi connectivity index (χ1) is 15.5. The molecule has 6 nitrogen and oxygen atoms in total. The molecule has 0 fully saturated rings. The van der Waals surface area contributed by atoms with Gasteiger partial charge in [0.1, 0.15) is 11.5 Å². The SMILES string of the molecule is COc1cc(OC)c(C(c2ccc(Cl)cc2)c2cc(OC)c(OC)cc2OC)cc1OC. The molecular weight excluding hydrogens is 432 g/mol. The summed E-state index contributed by atoms with van der Waals surface area (Å²) in [5.41, 5.74) is 2.70. The van der Waals surface area contributed by atoms with E-state index < -0.39 is 0 Å². The lowest BCUT2D eigenvalue weighted by atomic mass is 9.83. The van der Waals surface area contributed by atoms with Crippen LogP contribution in [0.4, 0.5) is 0 Å². The molecule has 3 aromatic carbocycles. The third-order valence-electron chi connectivity index (χ3n) is 5.30.